The molecule has 0 saturated carbocycles. The second kappa shape index (κ2) is 17.7. The summed E-state index contributed by atoms with van der Waals surface area (Å²) < 4.78 is 11.6. The fraction of sp³-hybridized carbons (Fsp3) is 0.529. The van der Waals surface area contributed by atoms with E-state index in [0.29, 0.717) is 31.2 Å². The summed E-state index contributed by atoms with van der Waals surface area (Å²) in [6, 6.07) is 7.19. The van der Waals surface area contributed by atoms with Crippen molar-refractivity contribution < 1.29 is 34.4 Å². The fourth-order valence-corrected chi connectivity index (χ4v) is 4.56. The molecule has 0 bridgehead atoms. The molecule has 1 heterocycles. The first-order chi connectivity index (χ1) is 19.5. The Morgan fingerprint density at radius 3 is 2.56 bits per heavy atom. The van der Waals surface area contributed by atoms with Crippen molar-refractivity contribution in [1.82, 2.24) is 0 Å². The molecular weight excluding hydrogens is 520 g/mol. The fourth-order valence-electron chi connectivity index (χ4n) is 4.56. The Morgan fingerprint density at radius 1 is 1.12 bits per heavy atom. The Kier molecular flexibility index (Phi) is 14.8. The number of allylic oxidation sites excluding steroid dienone is 5. The molecular formula is C34H48O7. The molecule has 2 rings (SSSR count). The predicted molar refractivity (Wildman–Crippen MR) is 162 cm³/mol. The summed E-state index contributed by atoms with van der Waals surface area (Å²) >= 11 is 0. The molecule has 41 heavy (non-hydrogen) atoms. The van der Waals surface area contributed by atoms with Gasteiger partial charge in [0, 0.05) is 19.3 Å². The van der Waals surface area contributed by atoms with Crippen molar-refractivity contribution in [3.63, 3.8) is 0 Å². The lowest BCUT2D eigenvalue weighted by Gasteiger charge is -2.25. The number of rotatable bonds is 10. The second-order valence-corrected chi connectivity index (χ2v) is 11.4. The van der Waals surface area contributed by atoms with Gasteiger partial charge in [0.05, 0.1) is 23.9 Å². The average Bonchev–Trinajstić information content (AvgIpc) is 2.91. The number of hydrogen-bond acceptors (Lipinski definition) is 7. The molecule has 6 atom stereocenters. The molecule has 0 radical (unpaired) electrons. The maximum atomic E-state index is 13.1. The molecule has 1 aliphatic heterocycles. The van der Waals surface area contributed by atoms with Gasteiger partial charge < -0.3 is 24.8 Å². The average molecular weight is 569 g/mol. The van der Waals surface area contributed by atoms with Crippen LogP contribution in [0.4, 0.5) is 0 Å². The van der Waals surface area contributed by atoms with Gasteiger partial charge >= 0.3 is 11.9 Å². The van der Waals surface area contributed by atoms with Gasteiger partial charge in [-0.15, -0.1) is 0 Å². The van der Waals surface area contributed by atoms with Crippen molar-refractivity contribution in [2.24, 2.45) is 11.8 Å². The Labute approximate surface area is 245 Å². The van der Waals surface area contributed by atoms with Crippen molar-refractivity contribution in [3.8, 4) is 0 Å². The lowest BCUT2D eigenvalue weighted by Crippen LogP contribution is -2.27. The summed E-state index contributed by atoms with van der Waals surface area (Å²) in [5, 5.41) is 29.3. The Bertz CT molecular complexity index is 1080. The first-order valence-electron chi connectivity index (χ1n) is 14.7. The van der Waals surface area contributed by atoms with E-state index in [1.807, 2.05) is 25.1 Å². The van der Waals surface area contributed by atoms with Crippen molar-refractivity contribution in [2.45, 2.75) is 104 Å². The number of benzene rings is 1. The number of aliphatic hydroxyl groups excluding tert-OH is 3. The molecule has 0 spiro atoms. The standard InChI is InChI=1S/C34H48O7/c1-23(2)31-17-9-7-13-25(4)32(18-11-19-33(38)40-31)41-34(39)28-16-10-15-27(22-28)14-8-6-12-24(3)20-29(36)30(37)21-26(5)35/h6-10,12,14-16,20,22-23,25-26,29-32,35-37H,11,13,17-19,21H2,1-5H3/b9-7+,12-6+,14-8+,24-20+/t25-,26+,29+,30+,31-,32+/m1/s1. The maximum Gasteiger partial charge on any atom is 0.338 e. The Hall–Kier alpha value is -3.00. The predicted octanol–water partition coefficient (Wildman–Crippen LogP) is 5.94. The number of ether oxygens (including phenoxy) is 2. The minimum absolute atomic E-state index is 0.0947. The molecule has 0 aromatic heterocycles. The van der Waals surface area contributed by atoms with Crippen LogP contribution < -0.4 is 0 Å². The third kappa shape index (κ3) is 13.0. The molecule has 1 aromatic carbocycles. The highest BCUT2D eigenvalue weighted by atomic mass is 16.5. The molecule has 3 N–H and O–H groups in total. The smallest absolute Gasteiger partial charge is 0.338 e. The first-order valence-corrected chi connectivity index (χ1v) is 14.7. The molecule has 226 valence electrons. The van der Waals surface area contributed by atoms with Gasteiger partial charge in [-0.2, -0.15) is 0 Å². The van der Waals surface area contributed by atoms with Gasteiger partial charge in [-0.25, -0.2) is 4.79 Å². The van der Waals surface area contributed by atoms with Gasteiger partial charge in [-0.05, 0) is 62.6 Å². The monoisotopic (exact) mass is 568 g/mol. The number of carbonyl (C=O) groups excluding carboxylic acids is 2. The third-order valence-corrected chi connectivity index (χ3v) is 7.12. The summed E-state index contributed by atoms with van der Waals surface area (Å²) in [5.74, 6) is -0.241. The highest BCUT2D eigenvalue weighted by Crippen LogP contribution is 2.23. The summed E-state index contributed by atoms with van der Waals surface area (Å²) in [5.41, 5.74) is 2.05. The zero-order chi connectivity index (χ0) is 30.4. The molecule has 0 fully saturated rings. The lowest BCUT2D eigenvalue weighted by atomic mass is 9.94. The van der Waals surface area contributed by atoms with Crippen LogP contribution in [0.2, 0.25) is 0 Å². The van der Waals surface area contributed by atoms with Crippen LogP contribution in [0.5, 0.6) is 0 Å². The van der Waals surface area contributed by atoms with Gasteiger partial charge in [0.15, 0.2) is 0 Å². The van der Waals surface area contributed by atoms with Crippen LogP contribution in [-0.4, -0.2) is 57.8 Å². The SMILES string of the molecule is CC(/C=C/C=C/c1cccc(C(=O)O[C@H]2CCCC(=O)O[C@@H](C(C)C)C/C=C/C[C@H]2C)c1)=C\[C@H](O)[C@@H](O)C[C@H](C)O. The largest absolute Gasteiger partial charge is 0.462 e. The van der Waals surface area contributed by atoms with E-state index in [9.17, 15) is 24.9 Å². The van der Waals surface area contributed by atoms with E-state index >= 15 is 0 Å². The normalized spacial score (nSPS) is 24.4. The molecule has 0 amide bonds. The minimum atomic E-state index is -1.06. The molecule has 7 nitrogen and oxygen atoms in total. The lowest BCUT2D eigenvalue weighted by molar-refractivity contribution is -0.151. The van der Waals surface area contributed by atoms with E-state index in [1.165, 1.54) is 0 Å². The summed E-state index contributed by atoms with van der Waals surface area (Å²) in [6.45, 7) is 9.55. The number of hydrogen-bond donors (Lipinski definition) is 3. The van der Waals surface area contributed by atoms with Crippen LogP contribution >= 0.6 is 0 Å². The molecule has 1 aliphatic rings. The number of cyclic esters (lactones) is 1. The second-order valence-electron chi connectivity index (χ2n) is 11.4. The molecule has 7 heteroatoms. The molecule has 1 aromatic rings. The van der Waals surface area contributed by atoms with Gasteiger partial charge in [0.1, 0.15) is 12.2 Å². The highest BCUT2D eigenvalue weighted by Gasteiger charge is 2.24. The Balaban J connectivity index is 2.01. The maximum absolute atomic E-state index is 13.1. The van der Waals surface area contributed by atoms with Crippen LogP contribution in [0.3, 0.4) is 0 Å². The number of aliphatic hydroxyl groups is 3. The highest BCUT2D eigenvalue weighted by molar-refractivity contribution is 5.90. The minimum Gasteiger partial charge on any atom is -0.462 e. The molecule has 0 saturated heterocycles. The first kappa shape index (κ1) is 34.2. The van der Waals surface area contributed by atoms with E-state index in [1.54, 1.807) is 43.4 Å². The molecule has 0 unspecified atom stereocenters. The summed E-state index contributed by atoms with van der Waals surface area (Å²) in [6.07, 6.45) is 12.8. The van der Waals surface area contributed by atoms with Gasteiger partial charge in [-0.3, -0.25) is 4.79 Å². The van der Waals surface area contributed by atoms with E-state index in [0.717, 1.165) is 17.6 Å². The Morgan fingerprint density at radius 2 is 1.85 bits per heavy atom. The van der Waals surface area contributed by atoms with Crippen molar-refractivity contribution in [1.29, 1.82) is 0 Å². The summed E-state index contributed by atoms with van der Waals surface area (Å²) in [7, 11) is 0. The topological polar surface area (TPSA) is 113 Å². The third-order valence-electron chi connectivity index (χ3n) is 7.12. The quantitative estimate of drug-likeness (QED) is 0.182. The van der Waals surface area contributed by atoms with Crippen LogP contribution in [0.25, 0.3) is 6.08 Å². The van der Waals surface area contributed by atoms with Crippen LogP contribution in [0.15, 0.2) is 66.3 Å². The molecule has 0 aliphatic carbocycles. The zero-order valence-electron chi connectivity index (χ0n) is 25.1. The van der Waals surface area contributed by atoms with Crippen molar-refractivity contribution in [2.75, 3.05) is 0 Å². The van der Waals surface area contributed by atoms with Gasteiger partial charge in [0.25, 0.3) is 0 Å². The summed E-state index contributed by atoms with van der Waals surface area (Å²) in [4.78, 5) is 25.4. The number of carbonyl (C=O) groups is 2. The van der Waals surface area contributed by atoms with Crippen molar-refractivity contribution in [3.05, 3.63) is 77.4 Å². The van der Waals surface area contributed by atoms with E-state index in [2.05, 4.69) is 32.9 Å². The van der Waals surface area contributed by atoms with Crippen LogP contribution in [-0.2, 0) is 14.3 Å². The van der Waals surface area contributed by atoms with E-state index < -0.39 is 24.3 Å². The zero-order valence-corrected chi connectivity index (χ0v) is 25.1. The van der Waals surface area contributed by atoms with Gasteiger partial charge in [0.2, 0.25) is 0 Å². The van der Waals surface area contributed by atoms with Gasteiger partial charge in [-0.1, -0.05) is 81.0 Å². The van der Waals surface area contributed by atoms with Crippen LogP contribution in [0, 0.1) is 11.8 Å². The number of esters is 2. The van der Waals surface area contributed by atoms with Crippen molar-refractivity contribution >= 4 is 18.0 Å². The van der Waals surface area contributed by atoms with Crippen LogP contribution in [0.1, 0.15) is 89.1 Å². The van der Waals surface area contributed by atoms with E-state index in [4.69, 9.17) is 9.47 Å². The van der Waals surface area contributed by atoms with E-state index in [-0.39, 0.29) is 36.4 Å².